The van der Waals surface area contributed by atoms with Crippen LogP contribution in [-0.4, -0.2) is 60.0 Å². The number of nitrogens with zero attached hydrogens (tertiary/aromatic N) is 2. The first-order chi connectivity index (χ1) is 8.00. The van der Waals surface area contributed by atoms with E-state index in [2.05, 4.69) is 5.32 Å². The third-order valence-corrected chi connectivity index (χ3v) is 3.55. The SMILES string of the molecule is CC(C)[C@@H](N)C(=O)N1CCN2C(=O)NCC2C1. The van der Waals surface area contributed by atoms with Crippen LogP contribution < -0.4 is 11.1 Å². The van der Waals surface area contributed by atoms with Crippen LogP contribution in [0.25, 0.3) is 0 Å². The molecule has 96 valence electrons. The fraction of sp³-hybridized carbons (Fsp3) is 0.818. The molecule has 1 unspecified atom stereocenters. The summed E-state index contributed by atoms with van der Waals surface area (Å²) in [6.07, 6.45) is 0. The summed E-state index contributed by atoms with van der Waals surface area (Å²) in [5, 5.41) is 2.79. The highest BCUT2D eigenvalue weighted by Gasteiger charge is 2.38. The van der Waals surface area contributed by atoms with Crippen molar-refractivity contribution in [3.63, 3.8) is 0 Å². The fourth-order valence-corrected chi connectivity index (χ4v) is 2.30. The summed E-state index contributed by atoms with van der Waals surface area (Å²) in [6.45, 7) is 6.30. The minimum Gasteiger partial charge on any atom is -0.337 e. The molecule has 2 heterocycles. The molecule has 2 aliphatic rings. The van der Waals surface area contributed by atoms with Crippen LogP contribution in [0.2, 0.25) is 0 Å². The molecule has 0 spiro atoms. The topological polar surface area (TPSA) is 78.7 Å². The van der Waals surface area contributed by atoms with Crippen LogP contribution in [0, 0.1) is 5.92 Å². The predicted octanol–water partition coefficient (Wildman–Crippen LogP) is -0.794. The maximum absolute atomic E-state index is 12.1. The number of rotatable bonds is 2. The summed E-state index contributed by atoms with van der Waals surface area (Å²) in [6, 6.07) is -0.346. The van der Waals surface area contributed by atoms with Crippen molar-refractivity contribution in [2.75, 3.05) is 26.2 Å². The van der Waals surface area contributed by atoms with Crippen LogP contribution in [0.15, 0.2) is 0 Å². The van der Waals surface area contributed by atoms with Gasteiger partial charge in [0.25, 0.3) is 0 Å². The zero-order valence-corrected chi connectivity index (χ0v) is 10.3. The average Bonchev–Trinajstić information content (AvgIpc) is 2.68. The highest BCUT2D eigenvalue weighted by molar-refractivity contribution is 5.83. The first-order valence-electron chi connectivity index (χ1n) is 6.09. The molecular formula is C11H20N4O2. The second-order valence-electron chi connectivity index (χ2n) is 5.09. The summed E-state index contributed by atoms with van der Waals surface area (Å²) in [5.74, 6) is 0.142. The van der Waals surface area contributed by atoms with E-state index in [1.165, 1.54) is 0 Å². The van der Waals surface area contributed by atoms with Crippen molar-refractivity contribution in [2.24, 2.45) is 11.7 Å². The van der Waals surface area contributed by atoms with Gasteiger partial charge in [0.15, 0.2) is 0 Å². The second kappa shape index (κ2) is 4.52. The number of amides is 3. The van der Waals surface area contributed by atoms with Crippen molar-refractivity contribution in [3.8, 4) is 0 Å². The molecule has 2 aliphatic heterocycles. The number of hydrogen-bond acceptors (Lipinski definition) is 3. The molecule has 0 bridgehead atoms. The van der Waals surface area contributed by atoms with Crippen LogP contribution >= 0.6 is 0 Å². The van der Waals surface area contributed by atoms with Crippen molar-refractivity contribution in [1.82, 2.24) is 15.1 Å². The molecule has 0 aromatic rings. The number of carbonyl (C=O) groups excluding carboxylic acids is 2. The van der Waals surface area contributed by atoms with Gasteiger partial charge in [-0.1, -0.05) is 13.8 Å². The lowest BCUT2D eigenvalue weighted by atomic mass is 10.0. The van der Waals surface area contributed by atoms with Gasteiger partial charge in [0.1, 0.15) is 0 Å². The summed E-state index contributed by atoms with van der Waals surface area (Å²) >= 11 is 0. The molecule has 17 heavy (non-hydrogen) atoms. The second-order valence-corrected chi connectivity index (χ2v) is 5.09. The van der Waals surface area contributed by atoms with Crippen LogP contribution in [0.5, 0.6) is 0 Å². The van der Waals surface area contributed by atoms with Gasteiger partial charge in [-0.2, -0.15) is 0 Å². The number of urea groups is 1. The lowest BCUT2D eigenvalue weighted by Gasteiger charge is -2.37. The first kappa shape index (κ1) is 12.2. The lowest BCUT2D eigenvalue weighted by Crippen LogP contribution is -2.57. The monoisotopic (exact) mass is 240 g/mol. The Labute approximate surface area is 101 Å². The molecule has 0 aromatic carbocycles. The van der Waals surface area contributed by atoms with Gasteiger partial charge >= 0.3 is 6.03 Å². The van der Waals surface area contributed by atoms with Crippen molar-refractivity contribution >= 4 is 11.9 Å². The lowest BCUT2D eigenvalue weighted by molar-refractivity contribution is -0.135. The van der Waals surface area contributed by atoms with E-state index < -0.39 is 6.04 Å². The Morgan fingerprint density at radius 3 is 2.82 bits per heavy atom. The summed E-state index contributed by atoms with van der Waals surface area (Å²) in [7, 11) is 0. The number of carbonyl (C=O) groups is 2. The van der Waals surface area contributed by atoms with Crippen molar-refractivity contribution in [1.29, 1.82) is 0 Å². The van der Waals surface area contributed by atoms with E-state index in [4.69, 9.17) is 5.73 Å². The standard InChI is InChI=1S/C11H20N4O2/c1-7(2)9(12)10(16)14-3-4-15-8(6-14)5-13-11(15)17/h7-9H,3-6,12H2,1-2H3,(H,13,17)/t8?,9-/m1/s1. The van der Waals surface area contributed by atoms with Crippen molar-refractivity contribution < 1.29 is 9.59 Å². The van der Waals surface area contributed by atoms with Gasteiger partial charge in [0.2, 0.25) is 5.91 Å². The van der Waals surface area contributed by atoms with Gasteiger partial charge < -0.3 is 20.9 Å². The molecule has 0 aromatic heterocycles. The molecule has 2 fully saturated rings. The van der Waals surface area contributed by atoms with E-state index in [0.717, 1.165) is 0 Å². The number of hydrogen-bond donors (Lipinski definition) is 2. The molecule has 0 aliphatic carbocycles. The van der Waals surface area contributed by atoms with Crippen molar-refractivity contribution in [3.05, 3.63) is 0 Å². The minimum absolute atomic E-state index is 0.000927. The quantitative estimate of drug-likeness (QED) is 0.663. The van der Waals surface area contributed by atoms with Gasteiger partial charge in [-0.15, -0.1) is 0 Å². The molecule has 6 heteroatoms. The van der Waals surface area contributed by atoms with Gasteiger partial charge in [0, 0.05) is 26.2 Å². The largest absolute Gasteiger partial charge is 0.337 e. The van der Waals surface area contributed by atoms with E-state index in [0.29, 0.717) is 26.2 Å². The zero-order chi connectivity index (χ0) is 12.6. The minimum atomic E-state index is -0.438. The third-order valence-electron chi connectivity index (χ3n) is 3.55. The highest BCUT2D eigenvalue weighted by Crippen LogP contribution is 2.15. The molecule has 6 nitrogen and oxygen atoms in total. The molecular weight excluding hydrogens is 220 g/mol. The van der Waals surface area contributed by atoms with E-state index >= 15 is 0 Å². The van der Waals surface area contributed by atoms with E-state index in [-0.39, 0.29) is 23.9 Å². The van der Waals surface area contributed by atoms with Crippen molar-refractivity contribution in [2.45, 2.75) is 25.9 Å². The van der Waals surface area contributed by atoms with Crippen LogP contribution in [0.4, 0.5) is 4.79 Å². The Hall–Kier alpha value is -1.30. The van der Waals surface area contributed by atoms with Crippen LogP contribution in [0.1, 0.15) is 13.8 Å². The zero-order valence-electron chi connectivity index (χ0n) is 10.3. The highest BCUT2D eigenvalue weighted by atomic mass is 16.2. The Morgan fingerprint density at radius 2 is 2.18 bits per heavy atom. The summed E-state index contributed by atoms with van der Waals surface area (Å²) in [4.78, 5) is 27.1. The fourth-order valence-electron chi connectivity index (χ4n) is 2.30. The molecule has 2 rings (SSSR count). The van der Waals surface area contributed by atoms with Crippen LogP contribution in [-0.2, 0) is 4.79 Å². The van der Waals surface area contributed by atoms with E-state index in [1.54, 1.807) is 9.80 Å². The number of nitrogens with two attached hydrogens (primary N) is 1. The normalized spacial score (nSPS) is 25.9. The molecule has 3 amide bonds. The number of nitrogens with one attached hydrogen (secondary N) is 1. The predicted molar refractivity (Wildman–Crippen MR) is 63.3 cm³/mol. The van der Waals surface area contributed by atoms with Gasteiger partial charge in [-0.3, -0.25) is 4.79 Å². The maximum Gasteiger partial charge on any atom is 0.317 e. The molecule has 0 saturated carbocycles. The Balaban J connectivity index is 1.97. The summed E-state index contributed by atoms with van der Waals surface area (Å²) < 4.78 is 0. The molecule has 3 N–H and O–H groups in total. The smallest absolute Gasteiger partial charge is 0.317 e. The number of piperazine rings is 1. The van der Waals surface area contributed by atoms with E-state index in [9.17, 15) is 9.59 Å². The van der Waals surface area contributed by atoms with Gasteiger partial charge in [-0.25, -0.2) is 4.79 Å². The average molecular weight is 240 g/mol. The van der Waals surface area contributed by atoms with Gasteiger partial charge in [-0.05, 0) is 5.92 Å². The molecule has 2 atom stereocenters. The maximum atomic E-state index is 12.1. The molecule has 2 saturated heterocycles. The molecule has 0 radical (unpaired) electrons. The van der Waals surface area contributed by atoms with Gasteiger partial charge in [0.05, 0.1) is 12.1 Å². The van der Waals surface area contributed by atoms with Crippen LogP contribution in [0.3, 0.4) is 0 Å². The summed E-state index contributed by atoms with van der Waals surface area (Å²) in [5.41, 5.74) is 5.87. The Morgan fingerprint density at radius 1 is 1.47 bits per heavy atom. The van der Waals surface area contributed by atoms with E-state index in [1.807, 2.05) is 13.8 Å². The Kier molecular flexibility index (Phi) is 3.24. The Bertz CT molecular complexity index is 331. The number of fused-ring (bicyclic) bond motifs is 1. The first-order valence-corrected chi connectivity index (χ1v) is 6.09. The third kappa shape index (κ3) is 2.22.